The number of rotatable bonds is 8. The second kappa shape index (κ2) is 11.7. The Labute approximate surface area is 188 Å². The van der Waals surface area contributed by atoms with Gasteiger partial charge >= 0.3 is 0 Å². The molecule has 2 N–H and O–H groups in total. The van der Waals surface area contributed by atoms with Gasteiger partial charge in [-0.25, -0.2) is 0 Å². The standard InChI is InChI=1S/C26H41N3O2/c1-19(2)17-24(28-25(30)22-11-9-20(3)10-12-22)26(31)27-23-13-15-29(16-14-23)18-21-7-5-4-6-8-21/h4-8,19-20,22-24H,9-18H2,1-3H3,(H,27,31)(H,28,30)/t20?,22?,24-/m0/s1. The van der Waals surface area contributed by atoms with Gasteiger partial charge < -0.3 is 10.6 Å². The summed E-state index contributed by atoms with van der Waals surface area (Å²) in [5, 5.41) is 6.35. The Hall–Kier alpha value is -1.88. The predicted molar refractivity (Wildman–Crippen MR) is 125 cm³/mol. The molecule has 1 aliphatic carbocycles. The van der Waals surface area contributed by atoms with E-state index in [0.717, 1.165) is 58.2 Å². The SMILES string of the molecule is CC(C)C[C@H](NC(=O)C1CCC(C)CC1)C(=O)NC1CCN(Cc2ccccc2)CC1. The van der Waals surface area contributed by atoms with Crippen molar-refractivity contribution < 1.29 is 9.59 Å². The van der Waals surface area contributed by atoms with Crippen LogP contribution >= 0.6 is 0 Å². The molecule has 0 radical (unpaired) electrons. The van der Waals surface area contributed by atoms with Gasteiger partial charge in [0.05, 0.1) is 0 Å². The third-order valence-corrected chi connectivity index (χ3v) is 6.91. The lowest BCUT2D eigenvalue weighted by molar-refractivity contribution is -0.132. The lowest BCUT2D eigenvalue weighted by atomic mass is 9.82. The van der Waals surface area contributed by atoms with Crippen molar-refractivity contribution in [3.8, 4) is 0 Å². The van der Waals surface area contributed by atoms with E-state index in [-0.39, 0.29) is 23.8 Å². The zero-order chi connectivity index (χ0) is 22.2. The van der Waals surface area contributed by atoms with Crippen molar-refractivity contribution in [1.29, 1.82) is 0 Å². The van der Waals surface area contributed by atoms with Crippen LogP contribution in [-0.4, -0.2) is 41.9 Å². The molecule has 1 saturated carbocycles. The molecule has 1 heterocycles. The first kappa shape index (κ1) is 23.8. The minimum absolute atomic E-state index is 0.00673. The summed E-state index contributed by atoms with van der Waals surface area (Å²) in [5.41, 5.74) is 1.34. The summed E-state index contributed by atoms with van der Waals surface area (Å²) in [6.45, 7) is 9.41. The number of benzene rings is 1. The van der Waals surface area contributed by atoms with Gasteiger partial charge in [-0.15, -0.1) is 0 Å². The average Bonchev–Trinajstić information content (AvgIpc) is 2.75. The molecule has 1 atom stereocenters. The molecule has 0 aromatic heterocycles. The first-order valence-electron chi connectivity index (χ1n) is 12.3. The number of nitrogens with zero attached hydrogens (tertiary/aromatic N) is 1. The molecule has 1 saturated heterocycles. The van der Waals surface area contributed by atoms with E-state index in [1.807, 2.05) is 6.07 Å². The molecule has 0 unspecified atom stereocenters. The molecule has 5 nitrogen and oxygen atoms in total. The minimum Gasteiger partial charge on any atom is -0.351 e. The Bertz CT molecular complexity index is 690. The molecule has 1 aliphatic heterocycles. The van der Waals surface area contributed by atoms with Crippen LogP contribution in [0.15, 0.2) is 30.3 Å². The summed E-state index contributed by atoms with van der Waals surface area (Å²) in [7, 11) is 0. The van der Waals surface area contributed by atoms with Gasteiger partial charge in [0.1, 0.15) is 6.04 Å². The van der Waals surface area contributed by atoms with E-state index in [9.17, 15) is 9.59 Å². The number of carbonyl (C=O) groups excluding carboxylic acids is 2. The van der Waals surface area contributed by atoms with E-state index >= 15 is 0 Å². The fourth-order valence-electron chi connectivity index (χ4n) is 4.89. The maximum atomic E-state index is 13.1. The van der Waals surface area contributed by atoms with Gasteiger partial charge in [0, 0.05) is 31.6 Å². The second-order valence-electron chi connectivity index (χ2n) is 10.2. The second-order valence-corrected chi connectivity index (χ2v) is 10.2. The van der Waals surface area contributed by atoms with Gasteiger partial charge in [-0.1, -0.05) is 51.1 Å². The summed E-state index contributed by atoms with van der Waals surface area (Å²) in [6.07, 6.45) is 6.73. The first-order chi connectivity index (χ1) is 14.9. The van der Waals surface area contributed by atoms with Crippen molar-refractivity contribution in [3.63, 3.8) is 0 Å². The van der Waals surface area contributed by atoms with Crippen molar-refractivity contribution in [1.82, 2.24) is 15.5 Å². The summed E-state index contributed by atoms with van der Waals surface area (Å²) < 4.78 is 0. The number of piperidine rings is 1. The van der Waals surface area contributed by atoms with E-state index in [1.54, 1.807) is 0 Å². The summed E-state index contributed by atoms with van der Waals surface area (Å²) in [4.78, 5) is 28.3. The fourth-order valence-corrected chi connectivity index (χ4v) is 4.89. The van der Waals surface area contributed by atoms with Gasteiger partial charge in [0.25, 0.3) is 0 Å². The van der Waals surface area contributed by atoms with Crippen LogP contribution in [-0.2, 0) is 16.1 Å². The predicted octanol–water partition coefficient (Wildman–Crippen LogP) is 4.12. The maximum absolute atomic E-state index is 13.1. The van der Waals surface area contributed by atoms with Crippen LogP contribution in [0, 0.1) is 17.8 Å². The monoisotopic (exact) mass is 427 g/mol. The van der Waals surface area contributed by atoms with Crippen LogP contribution in [0.4, 0.5) is 0 Å². The Morgan fingerprint density at radius 2 is 1.65 bits per heavy atom. The van der Waals surface area contributed by atoms with E-state index in [1.165, 1.54) is 5.56 Å². The number of carbonyl (C=O) groups is 2. The van der Waals surface area contributed by atoms with Gasteiger partial charge in [-0.05, 0) is 62.3 Å². The molecule has 172 valence electrons. The smallest absolute Gasteiger partial charge is 0.242 e. The Morgan fingerprint density at radius 1 is 1.00 bits per heavy atom. The maximum Gasteiger partial charge on any atom is 0.242 e. The average molecular weight is 428 g/mol. The number of nitrogens with one attached hydrogen (secondary N) is 2. The van der Waals surface area contributed by atoms with Gasteiger partial charge in [-0.2, -0.15) is 0 Å². The summed E-state index contributed by atoms with van der Waals surface area (Å²) in [5.74, 6) is 1.21. The summed E-state index contributed by atoms with van der Waals surface area (Å²) in [6, 6.07) is 10.3. The zero-order valence-corrected chi connectivity index (χ0v) is 19.6. The van der Waals surface area contributed by atoms with Crippen LogP contribution < -0.4 is 10.6 Å². The van der Waals surface area contributed by atoms with Crippen LogP contribution in [0.25, 0.3) is 0 Å². The van der Waals surface area contributed by atoms with E-state index in [0.29, 0.717) is 18.3 Å². The Morgan fingerprint density at radius 3 is 2.26 bits per heavy atom. The molecular weight excluding hydrogens is 386 g/mol. The molecular formula is C26H41N3O2. The number of hydrogen-bond donors (Lipinski definition) is 2. The van der Waals surface area contributed by atoms with Crippen molar-refractivity contribution in [3.05, 3.63) is 35.9 Å². The molecule has 2 amide bonds. The third-order valence-electron chi connectivity index (χ3n) is 6.91. The molecule has 1 aromatic rings. The third kappa shape index (κ3) is 7.64. The number of hydrogen-bond acceptors (Lipinski definition) is 3. The quantitative estimate of drug-likeness (QED) is 0.656. The highest BCUT2D eigenvalue weighted by molar-refractivity contribution is 5.88. The highest BCUT2D eigenvalue weighted by Crippen LogP contribution is 2.28. The van der Waals surface area contributed by atoms with Gasteiger partial charge in [-0.3, -0.25) is 14.5 Å². The first-order valence-corrected chi connectivity index (χ1v) is 12.3. The topological polar surface area (TPSA) is 61.4 Å². The summed E-state index contributed by atoms with van der Waals surface area (Å²) >= 11 is 0. The molecule has 2 fully saturated rings. The van der Waals surface area contributed by atoms with Crippen molar-refractivity contribution in [2.45, 2.75) is 84.3 Å². The largest absolute Gasteiger partial charge is 0.351 e. The lowest BCUT2D eigenvalue weighted by Gasteiger charge is -2.33. The molecule has 2 aliphatic rings. The van der Waals surface area contributed by atoms with Gasteiger partial charge in [0.15, 0.2) is 0 Å². The highest BCUT2D eigenvalue weighted by atomic mass is 16.2. The van der Waals surface area contributed by atoms with E-state index in [4.69, 9.17) is 0 Å². The van der Waals surface area contributed by atoms with Crippen LogP contribution in [0.1, 0.15) is 71.3 Å². The lowest BCUT2D eigenvalue weighted by Crippen LogP contribution is -2.53. The van der Waals surface area contributed by atoms with E-state index < -0.39 is 6.04 Å². The molecule has 0 spiro atoms. The zero-order valence-electron chi connectivity index (χ0n) is 19.6. The van der Waals surface area contributed by atoms with Crippen LogP contribution in [0.5, 0.6) is 0 Å². The van der Waals surface area contributed by atoms with Crippen LogP contribution in [0.2, 0.25) is 0 Å². The van der Waals surface area contributed by atoms with Crippen LogP contribution in [0.3, 0.4) is 0 Å². The van der Waals surface area contributed by atoms with Gasteiger partial charge in [0.2, 0.25) is 11.8 Å². The van der Waals surface area contributed by atoms with E-state index in [2.05, 4.69) is 60.6 Å². The van der Waals surface area contributed by atoms with Crippen molar-refractivity contribution in [2.75, 3.05) is 13.1 Å². The fraction of sp³-hybridized carbons (Fsp3) is 0.692. The normalized spacial score (nSPS) is 24.0. The molecule has 1 aromatic carbocycles. The number of amides is 2. The van der Waals surface area contributed by atoms with Crippen molar-refractivity contribution in [2.24, 2.45) is 17.8 Å². The molecule has 31 heavy (non-hydrogen) atoms. The molecule has 0 bridgehead atoms. The molecule has 5 heteroatoms. The minimum atomic E-state index is -0.422. The molecule has 3 rings (SSSR count). The number of likely N-dealkylation sites (tertiary alicyclic amines) is 1. The highest BCUT2D eigenvalue weighted by Gasteiger charge is 2.30. The Kier molecular flexibility index (Phi) is 8.94. The Balaban J connectivity index is 1.47. The van der Waals surface area contributed by atoms with Crippen molar-refractivity contribution >= 4 is 11.8 Å².